The van der Waals surface area contributed by atoms with Gasteiger partial charge in [0.2, 0.25) is 0 Å². The lowest BCUT2D eigenvalue weighted by molar-refractivity contribution is 0.00754. The van der Waals surface area contributed by atoms with Crippen molar-refractivity contribution in [2.75, 3.05) is 0 Å². The molecule has 6 nitrogen and oxygen atoms in total. The van der Waals surface area contributed by atoms with Crippen LogP contribution in [-0.2, 0) is 9.84 Å². The lowest BCUT2D eigenvalue weighted by atomic mass is 10.2. The number of rotatable bonds is 2. The van der Waals surface area contributed by atoms with E-state index in [0.717, 1.165) is 5.56 Å². The van der Waals surface area contributed by atoms with Crippen LogP contribution in [0.5, 0.6) is 0 Å². The lowest BCUT2D eigenvalue weighted by Gasteiger charge is -1.94. The van der Waals surface area contributed by atoms with E-state index in [1.807, 2.05) is 6.92 Å². The second-order valence-electron chi connectivity index (χ2n) is 2.58. The van der Waals surface area contributed by atoms with Gasteiger partial charge in [-0.15, -0.1) is 0 Å². The first-order valence-corrected chi connectivity index (χ1v) is 5.43. The molecule has 0 fully saturated rings. The SMILES string of the molecule is Cc1ccc(S(=O)(=O)C=[N+]=[N-])cc1.NN. The highest BCUT2D eigenvalue weighted by Gasteiger charge is 2.14. The molecular formula is C8H12N4O2S. The van der Waals surface area contributed by atoms with Crippen LogP contribution >= 0.6 is 0 Å². The summed E-state index contributed by atoms with van der Waals surface area (Å²) in [5.41, 5.74) is 9.59. The molecule has 0 aliphatic heterocycles. The predicted molar refractivity (Wildman–Crippen MR) is 56.4 cm³/mol. The Bertz CT molecular complexity index is 446. The zero-order chi connectivity index (χ0) is 11.9. The molecule has 7 heteroatoms. The quantitative estimate of drug-likeness (QED) is 0.182. The molecule has 0 aromatic heterocycles. The number of hydrazine groups is 1. The summed E-state index contributed by atoms with van der Waals surface area (Å²) in [6.07, 6.45) is 0. The van der Waals surface area contributed by atoms with Crippen LogP contribution in [-0.4, -0.2) is 18.8 Å². The van der Waals surface area contributed by atoms with Crippen molar-refractivity contribution in [1.29, 1.82) is 0 Å². The predicted octanol–water partition coefficient (Wildman–Crippen LogP) is -0.154. The van der Waals surface area contributed by atoms with E-state index in [1.54, 1.807) is 12.1 Å². The largest absolute Gasteiger partial charge is 0.374 e. The van der Waals surface area contributed by atoms with Gasteiger partial charge >= 0.3 is 5.55 Å². The van der Waals surface area contributed by atoms with Crippen LogP contribution in [0.1, 0.15) is 5.56 Å². The Morgan fingerprint density at radius 3 is 2.13 bits per heavy atom. The standard InChI is InChI=1S/C8H8N2O2S.H4N2/c1-7-2-4-8(5-3-7)13(11,12)6-10-9;1-2/h2-6H,1H3;1-2H2. The van der Waals surface area contributed by atoms with E-state index in [0.29, 0.717) is 5.55 Å². The summed E-state index contributed by atoms with van der Waals surface area (Å²) in [7, 11) is -3.57. The highest BCUT2D eigenvalue weighted by atomic mass is 32.2. The Morgan fingerprint density at radius 1 is 1.27 bits per heavy atom. The van der Waals surface area contributed by atoms with Crippen molar-refractivity contribution in [2.24, 2.45) is 11.7 Å². The third kappa shape index (κ3) is 4.01. The average molecular weight is 228 g/mol. The van der Waals surface area contributed by atoms with E-state index >= 15 is 0 Å². The highest BCUT2D eigenvalue weighted by molar-refractivity contribution is 8.04. The Morgan fingerprint density at radius 2 is 1.73 bits per heavy atom. The summed E-state index contributed by atoms with van der Waals surface area (Å²) in [4.78, 5) is 2.61. The molecule has 15 heavy (non-hydrogen) atoms. The van der Waals surface area contributed by atoms with Gasteiger partial charge in [0, 0.05) is 0 Å². The molecule has 0 unspecified atom stereocenters. The Balaban J connectivity index is 0.000000921. The number of hydrogen-bond acceptors (Lipinski definition) is 4. The normalized spacial score (nSPS) is 9.53. The van der Waals surface area contributed by atoms with Crippen molar-refractivity contribution in [3.05, 3.63) is 35.4 Å². The second kappa shape index (κ2) is 6.05. The summed E-state index contributed by atoms with van der Waals surface area (Å²) in [6, 6.07) is 6.29. The van der Waals surface area contributed by atoms with Crippen LogP contribution in [0.4, 0.5) is 0 Å². The van der Waals surface area contributed by atoms with Gasteiger partial charge < -0.3 is 5.53 Å². The summed E-state index contributed by atoms with van der Waals surface area (Å²) in [5, 5.41) is 0. The molecule has 0 saturated heterocycles. The van der Waals surface area contributed by atoms with Gasteiger partial charge in [0.15, 0.2) is 0 Å². The van der Waals surface area contributed by atoms with Gasteiger partial charge in [-0.1, -0.05) is 17.7 Å². The van der Waals surface area contributed by atoms with Crippen molar-refractivity contribution < 1.29 is 13.2 Å². The molecule has 0 amide bonds. The third-order valence-electron chi connectivity index (χ3n) is 1.54. The Hall–Kier alpha value is -1.53. The lowest BCUT2D eigenvalue weighted by Crippen LogP contribution is -2.02. The molecule has 82 valence electrons. The highest BCUT2D eigenvalue weighted by Crippen LogP contribution is 2.09. The van der Waals surface area contributed by atoms with Gasteiger partial charge in [0.25, 0.3) is 9.84 Å². The minimum absolute atomic E-state index is 0.121. The molecule has 0 heterocycles. The molecule has 4 N–H and O–H groups in total. The molecule has 0 bridgehead atoms. The molecular weight excluding hydrogens is 216 g/mol. The van der Waals surface area contributed by atoms with Crippen LogP contribution in [0.25, 0.3) is 5.53 Å². The van der Waals surface area contributed by atoms with E-state index in [4.69, 9.17) is 5.53 Å². The van der Waals surface area contributed by atoms with Crippen LogP contribution in [0, 0.1) is 6.92 Å². The van der Waals surface area contributed by atoms with Crippen molar-refractivity contribution in [1.82, 2.24) is 0 Å². The maximum absolute atomic E-state index is 11.2. The average Bonchev–Trinajstić information content (AvgIpc) is 2.21. The Labute approximate surface area is 88.0 Å². The minimum atomic E-state index is -3.57. The molecule has 1 rings (SSSR count). The molecule has 0 spiro atoms. The zero-order valence-corrected chi connectivity index (χ0v) is 8.98. The van der Waals surface area contributed by atoms with E-state index in [9.17, 15) is 8.42 Å². The topological polar surface area (TPSA) is 123 Å². The fraction of sp³-hybridized carbons (Fsp3) is 0.125. The van der Waals surface area contributed by atoms with Gasteiger partial charge in [0.05, 0.1) is 4.90 Å². The summed E-state index contributed by atoms with van der Waals surface area (Å²) in [5.74, 6) is 8.00. The number of aryl methyl sites for hydroxylation is 1. The maximum atomic E-state index is 11.2. The summed E-state index contributed by atoms with van der Waals surface area (Å²) >= 11 is 0. The minimum Gasteiger partial charge on any atom is -0.361 e. The molecule has 0 radical (unpaired) electrons. The van der Waals surface area contributed by atoms with E-state index in [-0.39, 0.29) is 4.90 Å². The van der Waals surface area contributed by atoms with Crippen molar-refractivity contribution in [3.8, 4) is 0 Å². The molecule has 0 saturated carbocycles. The smallest absolute Gasteiger partial charge is 0.361 e. The Kier molecular flexibility index (Phi) is 5.43. The zero-order valence-electron chi connectivity index (χ0n) is 8.16. The van der Waals surface area contributed by atoms with E-state index in [2.05, 4.69) is 16.5 Å². The maximum Gasteiger partial charge on any atom is 0.374 e. The number of hydrogen-bond donors (Lipinski definition) is 2. The summed E-state index contributed by atoms with van der Waals surface area (Å²) < 4.78 is 22.5. The molecule has 0 aliphatic carbocycles. The van der Waals surface area contributed by atoms with Crippen LogP contribution in [0.3, 0.4) is 0 Å². The van der Waals surface area contributed by atoms with Gasteiger partial charge in [-0.3, -0.25) is 11.7 Å². The molecule has 0 aliphatic rings. The number of nitrogens with two attached hydrogens (primary N) is 2. The number of nitrogens with zero attached hydrogens (tertiary/aromatic N) is 2. The number of sulfone groups is 1. The molecule has 1 aromatic rings. The van der Waals surface area contributed by atoms with Crippen molar-refractivity contribution in [3.63, 3.8) is 0 Å². The number of benzene rings is 1. The van der Waals surface area contributed by atoms with E-state index < -0.39 is 9.84 Å². The third-order valence-corrected chi connectivity index (χ3v) is 2.84. The fourth-order valence-corrected chi connectivity index (χ4v) is 1.61. The fourth-order valence-electron chi connectivity index (χ4n) is 0.851. The van der Waals surface area contributed by atoms with Crippen LogP contribution in [0.15, 0.2) is 29.2 Å². The van der Waals surface area contributed by atoms with E-state index in [1.165, 1.54) is 12.1 Å². The first kappa shape index (κ1) is 13.5. The first-order valence-electron chi connectivity index (χ1n) is 3.89. The first-order chi connectivity index (χ1) is 7.06. The molecule has 1 aromatic carbocycles. The van der Waals surface area contributed by atoms with Crippen LogP contribution in [0.2, 0.25) is 0 Å². The van der Waals surface area contributed by atoms with Crippen molar-refractivity contribution in [2.45, 2.75) is 11.8 Å². The summed E-state index contributed by atoms with van der Waals surface area (Å²) in [6.45, 7) is 1.86. The van der Waals surface area contributed by atoms with Gasteiger partial charge in [-0.05, 0) is 19.1 Å². The van der Waals surface area contributed by atoms with Crippen LogP contribution < -0.4 is 11.7 Å². The van der Waals surface area contributed by atoms with Crippen molar-refractivity contribution >= 4 is 15.4 Å². The van der Waals surface area contributed by atoms with Gasteiger partial charge in [-0.2, -0.15) is 4.79 Å². The monoisotopic (exact) mass is 228 g/mol. The molecule has 0 atom stereocenters. The second-order valence-corrected chi connectivity index (χ2v) is 4.35. The van der Waals surface area contributed by atoms with Gasteiger partial charge in [-0.25, -0.2) is 8.42 Å². The van der Waals surface area contributed by atoms with Gasteiger partial charge in [0.1, 0.15) is 0 Å².